The molecule has 25 heavy (non-hydrogen) atoms. The average molecular weight is 337 g/mol. The third-order valence-corrected chi connectivity index (χ3v) is 4.16. The van der Waals surface area contributed by atoms with Gasteiger partial charge in [-0.05, 0) is 24.3 Å². The van der Waals surface area contributed by atoms with Crippen LogP contribution in [-0.4, -0.2) is 22.3 Å². The zero-order valence-electron chi connectivity index (χ0n) is 14.2. The summed E-state index contributed by atoms with van der Waals surface area (Å²) >= 11 is 0. The number of anilines is 1. The van der Waals surface area contributed by atoms with Crippen LogP contribution >= 0.6 is 0 Å². The van der Waals surface area contributed by atoms with Crippen molar-refractivity contribution in [2.24, 2.45) is 0 Å². The van der Waals surface area contributed by atoms with Gasteiger partial charge in [0.1, 0.15) is 12.4 Å². The molecule has 1 amide bonds. The van der Waals surface area contributed by atoms with Gasteiger partial charge in [-0.25, -0.2) is 4.98 Å². The van der Waals surface area contributed by atoms with Crippen molar-refractivity contribution < 1.29 is 14.3 Å². The lowest BCUT2D eigenvalue weighted by Crippen LogP contribution is -2.20. The predicted molar refractivity (Wildman–Crippen MR) is 95.0 cm³/mol. The minimum atomic E-state index is -0.107. The smallest absolute Gasteiger partial charge is 0.244 e. The highest BCUT2D eigenvalue weighted by Gasteiger charge is 2.17. The van der Waals surface area contributed by atoms with Gasteiger partial charge < -0.3 is 19.4 Å². The Balaban J connectivity index is 1.58. The predicted octanol–water partition coefficient (Wildman–Crippen LogP) is 3.53. The number of fused-ring (bicyclic) bond motifs is 2. The van der Waals surface area contributed by atoms with Gasteiger partial charge >= 0.3 is 0 Å². The first-order valence-electron chi connectivity index (χ1n) is 8.26. The molecular formula is C19H19N3O3. The molecule has 2 heterocycles. The number of rotatable bonds is 4. The largest absolute Gasteiger partial charge is 0.454 e. The molecule has 0 spiro atoms. The van der Waals surface area contributed by atoms with Crippen LogP contribution < -0.4 is 14.8 Å². The summed E-state index contributed by atoms with van der Waals surface area (Å²) in [4.78, 5) is 17.2. The van der Waals surface area contributed by atoms with Crippen molar-refractivity contribution in [1.29, 1.82) is 0 Å². The number of carbonyl (C=O) groups excluding carboxylic acids is 1. The number of benzene rings is 2. The monoisotopic (exact) mass is 337 g/mol. The Labute approximate surface area is 145 Å². The number of hydrogen-bond donors (Lipinski definition) is 1. The van der Waals surface area contributed by atoms with Crippen LogP contribution in [0.3, 0.4) is 0 Å². The molecule has 0 radical (unpaired) electrons. The average Bonchev–Trinajstić information content (AvgIpc) is 3.19. The first kappa shape index (κ1) is 15.5. The van der Waals surface area contributed by atoms with Crippen molar-refractivity contribution in [2.45, 2.75) is 26.3 Å². The number of nitrogens with zero attached hydrogens (tertiary/aromatic N) is 2. The van der Waals surface area contributed by atoms with E-state index in [1.54, 1.807) is 18.2 Å². The first-order valence-corrected chi connectivity index (χ1v) is 8.26. The van der Waals surface area contributed by atoms with Crippen molar-refractivity contribution in [3.63, 3.8) is 0 Å². The second-order valence-electron chi connectivity index (χ2n) is 6.32. The van der Waals surface area contributed by atoms with E-state index in [-0.39, 0.29) is 25.2 Å². The number of nitrogens with one attached hydrogen (secondary N) is 1. The molecule has 3 aromatic rings. The number of ether oxygens (including phenoxy) is 2. The van der Waals surface area contributed by atoms with Gasteiger partial charge in [-0.1, -0.05) is 26.0 Å². The van der Waals surface area contributed by atoms with Gasteiger partial charge in [-0.15, -0.1) is 0 Å². The van der Waals surface area contributed by atoms with E-state index in [9.17, 15) is 4.79 Å². The second-order valence-corrected chi connectivity index (χ2v) is 6.32. The molecule has 1 aliphatic heterocycles. The molecule has 0 fully saturated rings. The van der Waals surface area contributed by atoms with Gasteiger partial charge in [-0.3, -0.25) is 4.79 Å². The zero-order chi connectivity index (χ0) is 17.4. The van der Waals surface area contributed by atoms with Crippen molar-refractivity contribution >= 4 is 22.6 Å². The quantitative estimate of drug-likeness (QED) is 0.791. The van der Waals surface area contributed by atoms with Crippen LogP contribution in [0, 0.1) is 0 Å². The third kappa shape index (κ3) is 2.91. The molecule has 0 saturated carbocycles. The van der Waals surface area contributed by atoms with E-state index in [4.69, 9.17) is 9.47 Å². The van der Waals surface area contributed by atoms with Crippen molar-refractivity contribution in [3.05, 3.63) is 48.3 Å². The van der Waals surface area contributed by atoms with E-state index in [0.717, 1.165) is 16.9 Å². The molecule has 6 heteroatoms. The zero-order valence-corrected chi connectivity index (χ0v) is 14.2. The number of imidazole rings is 1. The lowest BCUT2D eigenvalue weighted by atomic mass is 10.2. The van der Waals surface area contributed by atoms with E-state index < -0.39 is 0 Å². The van der Waals surface area contributed by atoms with E-state index in [1.165, 1.54) is 0 Å². The molecule has 128 valence electrons. The Bertz CT molecular complexity index is 946. The van der Waals surface area contributed by atoms with Crippen LogP contribution in [0.2, 0.25) is 0 Å². The number of hydrogen-bond acceptors (Lipinski definition) is 4. The maximum absolute atomic E-state index is 12.6. The number of aromatic nitrogens is 2. The maximum atomic E-state index is 12.6. The van der Waals surface area contributed by atoms with Gasteiger partial charge in [0.25, 0.3) is 0 Å². The molecule has 0 saturated heterocycles. The van der Waals surface area contributed by atoms with Crippen LogP contribution in [0.4, 0.5) is 5.69 Å². The van der Waals surface area contributed by atoms with E-state index in [1.807, 2.05) is 28.8 Å². The normalized spacial score (nSPS) is 12.8. The molecule has 0 unspecified atom stereocenters. The molecule has 1 N–H and O–H groups in total. The van der Waals surface area contributed by atoms with Crippen LogP contribution in [0.1, 0.15) is 25.6 Å². The van der Waals surface area contributed by atoms with E-state index in [0.29, 0.717) is 17.2 Å². The molecule has 0 aliphatic carbocycles. The standard InChI is InChI=1S/C19H19N3O3/c1-12(2)19-21-14-5-3-4-6-15(14)22(19)10-18(23)20-13-7-8-16-17(9-13)25-11-24-16/h3-9,12H,10-11H2,1-2H3,(H,20,23). The van der Waals surface area contributed by atoms with Crippen molar-refractivity contribution in [1.82, 2.24) is 9.55 Å². The summed E-state index contributed by atoms with van der Waals surface area (Å²) in [5, 5.41) is 2.92. The van der Waals surface area contributed by atoms with Gasteiger partial charge in [0.15, 0.2) is 11.5 Å². The molecule has 1 aliphatic rings. The van der Waals surface area contributed by atoms with Gasteiger partial charge in [-0.2, -0.15) is 0 Å². The Hall–Kier alpha value is -3.02. The highest BCUT2D eigenvalue weighted by atomic mass is 16.7. The van der Waals surface area contributed by atoms with Gasteiger partial charge in [0.05, 0.1) is 11.0 Å². The lowest BCUT2D eigenvalue weighted by molar-refractivity contribution is -0.116. The molecule has 0 bridgehead atoms. The number of para-hydroxylation sites is 2. The summed E-state index contributed by atoms with van der Waals surface area (Å²) in [5.41, 5.74) is 2.55. The summed E-state index contributed by atoms with van der Waals surface area (Å²) in [7, 11) is 0. The minimum absolute atomic E-state index is 0.107. The maximum Gasteiger partial charge on any atom is 0.244 e. The molecule has 4 rings (SSSR count). The fourth-order valence-corrected chi connectivity index (χ4v) is 3.02. The van der Waals surface area contributed by atoms with E-state index >= 15 is 0 Å². The molecule has 2 aromatic carbocycles. The summed E-state index contributed by atoms with van der Waals surface area (Å²) in [5.74, 6) is 2.37. The Morgan fingerprint density at radius 1 is 1.20 bits per heavy atom. The summed E-state index contributed by atoms with van der Waals surface area (Å²) in [6, 6.07) is 13.2. The molecule has 1 aromatic heterocycles. The lowest BCUT2D eigenvalue weighted by Gasteiger charge is -2.12. The van der Waals surface area contributed by atoms with Crippen molar-refractivity contribution in [3.8, 4) is 11.5 Å². The van der Waals surface area contributed by atoms with Crippen LogP contribution in [-0.2, 0) is 11.3 Å². The second kappa shape index (κ2) is 6.12. The summed E-state index contributed by atoms with van der Waals surface area (Å²) in [6.45, 7) is 4.58. The van der Waals surface area contributed by atoms with Gasteiger partial charge in [0, 0.05) is 17.7 Å². The first-order chi connectivity index (χ1) is 12.1. The molecular weight excluding hydrogens is 318 g/mol. The highest BCUT2D eigenvalue weighted by molar-refractivity contribution is 5.92. The molecule has 0 atom stereocenters. The topological polar surface area (TPSA) is 65.4 Å². The van der Waals surface area contributed by atoms with Crippen LogP contribution in [0.25, 0.3) is 11.0 Å². The third-order valence-electron chi connectivity index (χ3n) is 4.16. The Morgan fingerprint density at radius 2 is 2.00 bits per heavy atom. The fraction of sp³-hybridized carbons (Fsp3) is 0.263. The summed E-state index contributed by atoms with van der Waals surface area (Å²) in [6.07, 6.45) is 0. The molecule has 6 nitrogen and oxygen atoms in total. The highest BCUT2D eigenvalue weighted by Crippen LogP contribution is 2.34. The van der Waals surface area contributed by atoms with Crippen LogP contribution in [0.15, 0.2) is 42.5 Å². The number of carbonyl (C=O) groups is 1. The van der Waals surface area contributed by atoms with Gasteiger partial charge in [0.2, 0.25) is 12.7 Å². The Kier molecular flexibility index (Phi) is 3.80. The number of amides is 1. The van der Waals surface area contributed by atoms with Crippen LogP contribution in [0.5, 0.6) is 11.5 Å². The fourth-order valence-electron chi connectivity index (χ4n) is 3.02. The van der Waals surface area contributed by atoms with E-state index in [2.05, 4.69) is 24.1 Å². The summed E-state index contributed by atoms with van der Waals surface area (Å²) < 4.78 is 12.6. The minimum Gasteiger partial charge on any atom is -0.454 e. The van der Waals surface area contributed by atoms with Crippen molar-refractivity contribution in [2.75, 3.05) is 12.1 Å². The Morgan fingerprint density at radius 3 is 2.84 bits per heavy atom. The SMILES string of the molecule is CC(C)c1nc2ccccc2n1CC(=O)Nc1ccc2c(c1)OCO2.